The van der Waals surface area contributed by atoms with Gasteiger partial charge in [-0.3, -0.25) is 14.4 Å². The number of carbonyl (C=O) groups is 3. The van der Waals surface area contributed by atoms with Gasteiger partial charge in [0.1, 0.15) is 0 Å². The Bertz CT molecular complexity index is 1260. The summed E-state index contributed by atoms with van der Waals surface area (Å²) in [7, 11) is 0. The van der Waals surface area contributed by atoms with E-state index in [1.54, 1.807) is 42.5 Å². The third-order valence-corrected chi connectivity index (χ3v) is 6.59. The monoisotopic (exact) mass is 504 g/mol. The smallest absolute Gasteiger partial charge is 0.321 e. The van der Waals surface area contributed by atoms with Gasteiger partial charge >= 0.3 is 6.18 Å². The lowest BCUT2D eigenvalue weighted by molar-refractivity contribution is -0.137. The number of benzene rings is 3. The van der Waals surface area contributed by atoms with E-state index < -0.39 is 34.7 Å². The first-order valence-corrected chi connectivity index (χ1v) is 11.3. The number of imide groups is 1. The second-order valence-electron chi connectivity index (χ2n) is 7.35. The van der Waals surface area contributed by atoms with Crippen molar-refractivity contribution in [3.05, 3.63) is 88.9 Å². The number of nitrogens with zero attached hydrogens (tertiary/aromatic N) is 1. The zero-order chi connectivity index (χ0) is 24.5. The van der Waals surface area contributed by atoms with Crippen molar-refractivity contribution < 1.29 is 27.6 Å². The van der Waals surface area contributed by atoms with Crippen LogP contribution in [-0.4, -0.2) is 23.0 Å². The van der Waals surface area contributed by atoms with Crippen molar-refractivity contribution in [3.8, 4) is 0 Å². The van der Waals surface area contributed by atoms with Crippen molar-refractivity contribution in [3.63, 3.8) is 0 Å². The summed E-state index contributed by atoms with van der Waals surface area (Å²) in [6.45, 7) is 0. The van der Waals surface area contributed by atoms with Crippen molar-refractivity contribution in [1.82, 2.24) is 0 Å². The number of anilines is 2. The summed E-state index contributed by atoms with van der Waals surface area (Å²) in [5.41, 5.74) is -0.864. The Morgan fingerprint density at radius 2 is 1.62 bits per heavy atom. The molecule has 3 aromatic rings. The van der Waals surface area contributed by atoms with E-state index in [0.29, 0.717) is 15.6 Å². The van der Waals surface area contributed by atoms with Crippen LogP contribution in [0, 0.1) is 0 Å². The quantitative estimate of drug-likeness (QED) is 0.430. The molecule has 0 spiro atoms. The Morgan fingerprint density at radius 1 is 0.971 bits per heavy atom. The van der Waals surface area contributed by atoms with Gasteiger partial charge in [0.05, 0.1) is 27.8 Å². The number of nitrogens with one attached hydrogen (secondary N) is 1. The molecule has 34 heavy (non-hydrogen) atoms. The zero-order valence-electron chi connectivity index (χ0n) is 17.3. The molecule has 0 aliphatic carbocycles. The average molecular weight is 505 g/mol. The van der Waals surface area contributed by atoms with Gasteiger partial charge in [0, 0.05) is 16.3 Å². The highest BCUT2D eigenvalue weighted by molar-refractivity contribution is 8.00. The highest BCUT2D eigenvalue weighted by Crippen LogP contribution is 2.37. The van der Waals surface area contributed by atoms with Crippen LogP contribution in [-0.2, 0) is 15.8 Å². The maximum Gasteiger partial charge on any atom is 0.418 e. The number of para-hydroxylation sites is 1. The maximum atomic E-state index is 13.3. The van der Waals surface area contributed by atoms with E-state index in [0.717, 1.165) is 22.7 Å². The van der Waals surface area contributed by atoms with E-state index in [1.807, 2.05) is 0 Å². The first kappa shape index (κ1) is 23.8. The minimum Gasteiger partial charge on any atom is -0.321 e. The van der Waals surface area contributed by atoms with E-state index in [2.05, 4.69) is 5.32 Å². The van der Waals surface area contributed by atoms with Crippen LogP contribution in [0.4, 0.5) is 24.5 Å². The van der Waals surface area contributed by atoms with Crippen molar-refractivity contribution in [1.29, 1.82) is 0 Å². The molecule has 174 valence electrons. The molecule has 1 heterocycles. The fraction of sp³-hybridized carbons (Fsp3) is 0.125. The molecule has 1 unspecified atom stereocenters. The summed E-state index contributed by atoms with van der Waals surface area (Å²) in [6.07, 6.45) is -4.72. The largest absolute Gasteiger partial charge is 0.418 e. The second-order valence-corrected chi connectivity index (χ2v) is 9.03. The highest BCUT2D eigenvalue weighted by Gasteiger charge is 2.40. The SMILES string of the molecule is O=C(Nc1ccccc1C(F)(F)F)c1ccccc1SC1CC(=O)N(c2ccc(Cl)cc2)C1=O. The first-order valence-electron chi connectivity index (χ1n) is 10.0. The van der Waals surface area contributed by atoms with Crippen LogP contribution in [0.1, 0.15) is 22.3 Å². The lowest BCUT2D eigenvalue weighted by Crippen LogP contribution is -2.31. The third kappa shape index (κ3) is 4.95. The molecule has 1 fully saturated rings. The van der Waals surface area contributed by atoms with Gasteiger partial charge in [-0.15, -0.1) is 11.8 Å². The van der Waals surface area contributed by atoms with E-state index in [1.165, 1.54) is 24.3 Å². The molecular formula is C24H16ClF3N2O3S. The van der Waals surface area contributed by atoms with Gasteiger partial charge in [0.15, 0.2) is 0 Å². The number of amides is 3. The molecule has 1 aliphatic heterocycles. The van der Waals surface area contributed by atoms with E-state index >= 15 is 0 Å². The van der Waals surface area contributed by atoms with Gasteiger partial charge in [-0.2, -0.15) is 13.2 Å². The molecular weight excluding hydrogens is 489 g/mol. The summed E-state index contributed by atoms with van der Waals surface area (Å²) in [5, 5.41) is 1.98. The molecule has 0 radical (unpaired) electrons. The summed E-state index contributed by atoms with van der Waals surface area (Å²) >= 11 is 6.89. The Balaban J connectivity index is 1.56. The number of rotatable bonds is 5. The summed E-state index contributed by atoms with van der Waals surface area (Å²) in [5.74, 6) is -1.60. The predicted molar refractivity (Wildman–Crippen MR) is 124 cm³/mol. The fourth-order valence-electron chi connectivity index (χ4n) is 3.50. The molecule has 4 rings (SSSR count). The molecule has 0 bridgehead atoms. The van der Waals surface area contributed by atoms with Gasteiger partial charge in [0.25, 0.3) is 5.91 Å². The minimum atomic E-state index is -4.64. The van der Waals surface area contributed by atoms with Crippen LogP contribution in [0.5, 0.6) is 0 Å². The number of hydrogen-bond donors (Lipinski definition) is 1. The van der Waals surface area contributed by atoms with Crippen LogP contribution in [0.15, 0.2) is 77.7 Å². The Kier molecular flexibility index (Phi) is 6.67. The molecule has 3 amide bonds. The molecule has 0 saturated carbocycles. The number of thioether (sulfide) groups is 1. The zero-order valence-corrected chi connectivity index (χ0v) is 18.9. The lowest BCUT2D eigenvalue weighted by Gasteiger charge is -2.16. The van der Waals surface area contributed by atoms with E-state index in [9.17, 15) is 27.6 Å². The van der Waals surface area contributed by atoms with Crippen molar-refractivity contribution in [2.24, 2.45) is 0 Å². The second kappa shape index (κ2) is 9.52. The van der Waals surface area contributed by atoms with Gasteiger partial charge in [-0.1, -0.05) is 35.9 Å². The topological polar surface area (TPSA) is 66.5 Å². The normalized spacial score (nSPS) is 16.1. The third-order valence-electron chi connectivity index (χ3n) is 5.07. The molecule has 5 nitrogen and oxygen atoms in total. The summed E-state index contributed by atoms with van der Waals surface area (Å²) in [6, 6.07) is 17.2. The maximum absolute atomic E-state index is 13.3. The summed E-state index contributed by atoms with van der Waals surface area (Å²) < 4.78 is 39.9. The van der Waals surface area contributed by atoms with Crippen LogP contribution >= 0.6 is 23.4 Å². The molecule has 1 N–H and O–H groups in total. The van der Waals surface area contributed by atoms with Crippen molar-refractivity contribution in [2.45, 2.75) is 22.7 Å². The first-order chi connectivity index (χ1) is 16.1. The van der Waals surface area contributed by atoms with Crippen LogP contribution in [0.25, 0.3) is 0 Å². The van der Waals surface area contributed by atoms with E-state index in [4.69, 9.17) is 11.6 Å². The van der Waals surface area contributed by atoms with Crippen LogP contribution in [0.2, 0.25) is 5.02 Å². The molecule has 10 heteroatoms. The standard InChI is InChI=1S/C24H16ClF3N2O3S/c25-14-9-11-15(12-10-14)30-21(31)13-20(23(30)33)34-19-8-4-1-5-16(19)22(32)29-18-7-3-2-6-17(18)24(26,27)28/h1-12,20H,13H2,(H,29,32). The molecule has 1 atom stereocenters. The van der Waals surface area contributed by atoms with Crippen molar-refractivity contribution in [2.75, 3.05) is 10.2 Å². The van der Waals surface area contributed by atoms with Crippen molar-refractivity contribution >= 4 is 52.5 Å². The van der Waals surface area contributed by atoms with E-state index in [-0.39, 0.29) is 17.7 Å². The number of alkyl halides is 3. The predicted octanol–water partition coefficient (Wildman–Crippen LogP) is 6.04. The van der Waals surface area contributed by atoms with Gasteiger partial charge < -0.3 is 5.32 Å². The van der Waals surface area contributed by atoms with Crippen LogP contribution in [0.3, 0.4) is 0 Å². The number of halogens is 4. The van der Waals surface area contributed by atoms with Gasteiger partial charge in [-0.05, 0) is 48.5 Å². The lowest BCUT2D eigenvalue weighted by atomic mass is 10.1. The Labute approximate surface area is 201 Å². The molecule has 0 aromatic heterocycles. The molecule has 3 aromatic carbocycles. The number of hydrogen-bond acceptors (Lipinski definition) is 4. The van der Waals surface area contributed by atoms with Gasteiger partial charge in [0.2, 0.25) is 11.8 Å². The average Bonchev–Trinajstić information content (AvgIpc) is 3.07. The fourth-order valence-corrected chi connectivity index (χ4v) is 4.81. The minimum absolute atomic E-state index is 0.0843. The number of carbonyl (C=O) groups excluding carboxylic acids is 3. The molecule has 1 saturated heterocycles. The summed E-state index contributed by atoms with van der Waals surface area (Å²) in [4.78, 5) is 39.8. The molecule has 1 aliphatic rings. The van der Waals surface area contributed by atoms with Crippen LogP contribution < -0.4 is 10.2 Å². The Hall–Kier alpha value is -3.30. The van der Waals surface area contributed by atoms with Gasteiger partial charge in [-0.25, -0.2) is 4.90 Å². The Morgan fingerprint density at radius 3 is 2.32 bits per heavy atom. The highest BCUT2D eigenvalue weighted by atomic mass is 35.5.